The summed E-state index contributed by atoms with van der Waals surface area (Å²) in [6.07, 6.45) is 0.917. The second-order valence-electron chi connectivity index (χ2n) is 5.74. The highest BCUT2D eigenvalue weighted by molar-refractivity contribution is 6.55. The van der Waals surface area contributed by atoms with Crippen molar-refractivity contribution >= 4 is 29.0 Å². The number of ether oxygens (including phenoxy) is 1. The molecule has 5 heteroatoms. The minimum Gasteiger partial charge on any atom is -0.494 e. The van der Waals surface area contributed by atoms with Gasteiger partial charge >= 0.3 is 0 Å². The van der Waals surface area contributed by atoms with E-state index in [1.54, 1.807) is 24.3 Å². The van der Waals surface area contributed by atoms with Crippen LogP contribution in [-0.2, 0) is 16.1 Å². The maximum absolute atomic E-state index is 12.7. The summed E-state index contributed by atoms with van der Waals surface area (Å²) in [4.78, 5) is 26.3. The lowest BCUT2D eigenvalue weighted by Gasteiger charge is -2.15. The summed E-state index contributed by atoms with van der Waals surface area (Å²) in [6, 6.07) is 16.4. The first-order valence-corrected chi connectivity index (χ1v) is 8.52. The van der Waals surface area contributed by atoms with E-state index in [4.69, 9.17) is 16.3 Å². The number of nitrogens with zero attached hydrogens (tertiary/aromatic N) is 1. The van der Waals surface area contributed by atoms with E-state index >= 15 is 0 Å². The zero-order chi connectivity index (χ0) is 17.8. The Morgan fingerprint density at radius 3 is 2.28 bits per heavy atom. The second-order valence-corrected chi connectivity index (χ2v) is 6.12. The van der Waals surface area contributed by atoms with Crippen molar-refractivity contribution in [2.45, 2.75) is 19.9 Å². The van der Waals surface area contributed by atoms with Gasteiger partial charge in [-0.3, -0.25) is 14.5 Å². The summed E-state index contributed by atoms with van der Waals surface area (Å²) in [5, 5.41) is -0.0387. The van der Waals surface area contributed by atoms with E-state index in [0.29, 0.717) is 12.2 Å². The summed E-state index contributed by atoms with van der Waals surface area (Å²) >= 11 is 6.18. The average Bonchev–Trinajstić information content (AvgIpc) is 2.85. The molecule has 0 N–H and O–H groups in total. The first kappa shape index (κ1) is 17.2. The van der Waals surface area contributed by atoms with E-state index in [-0.39, 0.29) is 23.1 Å². The summed E-state index contributed by atoms with van der Waals surface area (Å²) < 4.78 is 5.54. The fourth-order valence-electron chi connectivity index (χ4n) is 2.64. The standard InChI is InChI=1S/C20H18ClNO3/c1-2-12-25-16-10-8-15(9-11-16)17-18(21)20(24)22(19(17)23)13-14-6-4-3-5-7-14/h3-11H,2,12-13H2,1H3. The Balaban J connectivity index is 1.82. The summed E-state index contributed by atoms with van der Waals surface area (Å²) in [5.74, 6) is -0.113. The van der Waals surface area contributed by atoms with E-state index in [1.165, 1.54) is 4.90 Å². The van der Waals surface area contributed by atoms with Crippen LogP contribution in [0.2, 0.25) is 0 Å². The maximum atomic E-state index is 12.7. The molecule has 0 fully saturated rings. The largest absolute Gasteiger partial charge is 0.494 e. The maximum Gasteiger partial charge on any atom is 0.273 e. The molecule has 1 heterocycles. The van der Waals surface area contributed by atoms with Gasteiger partial charge in [-0.2, -0.15) is 0 Å². The first-order chi connectivity index (χ1) is 12.1. The van der Waals surface area contributed by atoms with Crippen LogP contribution in [0.3, 0.4) is 0 Å². The van der Waals surface area contributed by atoms with Crippen LogP contribution in [0.15, 0.2) is 59.6 Å². The lowest BCUT2D eigenvalue weighted by atomic mass is 10.1. The average molecular weight is 356 g/mol. The van der Waals surface area contributed by atoms with Crippen molar-refractivity contribution in [3.8, 4) is 5.75 Å². The molecule has 1 aliphatic rings. The van der Waals surface area contributed by atoms with Crippen molar-refractivity contribution in [3.63, 3.8) is 0 Å². The van der Waals surface area contributed by atoms with Crippen LogP contribution in [0, 0.1) is 0 Å². The lowest BCUT2D eigenvalue weighted by molar-refractivity contribution is -0.137. The Labute approximate surface area is 151 Å². The molecular weight excluding hydrogens is 338 g/mol. The zero-order valence-electron chi connectivity index (χ0n) is 13.9. The van der Waals surface area contributed by atoms with Gasteiger partial charge in [-0.1, -0.05) is 61.0 Å². The van der Waals surface area contributed by atoms with Gasteiger partial charge in [-0.15, -0.1) is 0 Å². The normalized spacial score (nSPS) is 14.4. The molecule has 1 aliphatic heterocycles. The molecule has 0 atom stereocenters. The molecule has 0 spiro atoms. The topological polar surface area (TPSA) is 46.6 Å². The van der Waals surface area contributed by atoms with Gasteiger partial charge in [0.2, 0.25) is 0 Å². The number of carbonyl (C=O) groups excluding carboxylic acids is 2. The molecule has 4 nitrogen and oxygen atoms in total. The van der Waals surface area contributed by atoms with Gasteiger partial charge in [-0.05, 0) is 29.7 Å². The molecule has 2 amide bonds. The highest BCUT2D eigenvalue weighted by Gasteiger charge is 2.38. The molecule has 0 saturated heterocycles. The highest BCUT2D eigenvalue weighted by atomic mass is 35.5. The fourth-order valence-corrected chi connectivity index (χ4v) is 2.94. The predicted octanol–water partition coefficient (Wildman–Crippen LogP) is 3.99. The Hall–Kier alpha value is -2.59. The van der Waals surface area contributed by atoms with Gasteiger partial charge < -0.3 is 4.74 Å². The van der Waals surface area contributed by atoms with Gasteiger partial charge in [0.25, 0.3) is 11.8 Å². The quantitative estimate of drug-likeness (QED) is 0.736. The van der Waals surface area contributed by atoms with Gasteiger partial charge in [0.15, 0.2) is 0 Å². The van der Waals surface area contributed by atoms with E-state index in [1.807, 2.05) is 37.3 Å². The van der Waals surface area contributed by atoms with Crippen LogP contribution in [0.25, 0.3) is 5.57 Å². The number of carbonyl (C=O) groups is 2. The van der Waals surface area contributed by atoms with Crippen molar-refractivity contribution in [2.24, 2.45) is 0 Å². The molecule has 0 saturated carbocycles. The third kappa shape index (κ3) is 3.59. The van der Waals surface area contributed by atoms with Crippen LogP contribution in [-0.4, -0.2) is 23.3 Å². The van der Waals surface area contributed by atoms with Crippen molar-refractivity contribution in [2.75, 3.05) is 6.61 Å². The van der Waals surface area contributed by atoms with Crippen LogP contribution in [0.4, 0.5) is 0 Å². The molecule has 25 heavy (non-hydrogen) atoms. The number of hydrogen-bond donors (Lipinski definition) is 0. The molecule has 3 rings (SSSR count). The molecule has 128 valence electrons. The van der Waals surface area contributed by atoms with E-state index in [9.17, 15) is 9.59 Å². The number of amides is 2. The number of rotatable bonds is 6. The molecule has 0 radical (unpaired) electrons. The molecule has 2 aromatic carbocycles. The molecule has 0 aliphatic carbocycles. The van der Waals surface area contributed by atoms with E-state index in [2.05, 4.69) is 0 Å². The third-order valence-corrected chi connectivity index (χ3v) is 4.26. The monoisotopic (exact) mass is 355 g/mol. The predicted molar refractivity (Wildman–Crippen MR) is 97.0 cm³/mol. The molecule has 0 bridgehead atoms. The number of hydrogen-bond acceptors (Lipinski definition) is 3. The van der Waals surface area contributed by atoms with Crippen molar-refractivity contribution in [1.82, 2.24) is 4.90 Å². The number of benzene rings is 2. The third-order valence-electron chi connectivity index (χ3n) is 3.91. The number of imide groups is 1. The minimum absolute atomic E-state index is 0.0387. The minimum atomic E-state index is -0.461. The SMILES string of the molecule is CCCOc1ccc(C2=C(Cl)C(=O)N(Cc3ccccc3)C2=O)cc1. The summed E-state index contributed by atoms with van der Waals surface area (Å²) in [5.41, 5.74) is 1.73. The molecule has 2 aromatic rings. The van der Waals surface area contributed by atoms with E-state index < -0.39 is 5.91 Å². The van der Waals surface area contributed by atoms with Gasteiger partial charge in [-0.25, -0.2) is 0 Å². The number of halogens is 1. The molecular formula is C20H18ClNO3. The van der Waals surface area contributed by atoms with Gasteiger partial charge in [0.1, 0.15) is 10.8 Å². The molecule has 0 unspecified atom stereocenters. The van der Waals surface area contributed by atoms with Gasteiger partial charge in [0.05, 0.1) is 18.7 Å². The van der Waals surface area contributed by atoms with Crippen LogP contribution < -0.4 is 4.74 Å². The second kappa shape index (κ2) is 7.53. The van der Waals surface area contributed by atoms with Crippen molar-refractivity contribution < 1.29 is 14.3 Å². The first-order valence-electron chi connectivity index (χ1n) is 8.15. The van der Waals surface area contributed by atoms with Crippen LogP contribution in [0.5, 0.6) is 5.75 Å². The van der Waals surface area contributed by atoms with Crippen LogP contribution >= 0.6 is 11.6 Å². The zero-order valence-corrected chi connectivity index (χ0v) is 14.6. The molecule has 0 aromatic heterocycles. The van der Waals surface area contributed by atoms with E-state index in [0.717, 1.165) is 17.7 Å². The Morgan fingerprint density at radius 2 is 1.64 bits per heavy atom. The highest BCUT2D eigenvalue weighted by Crippen LogP contribution is 2.33. The Morgan fingerprint density at radius 1 is 0.960 bits per heavy atom. The van der Waals surface area contributed by atoms with Gasteiger partial charge in [0, 0.05) is 0 Å². The van der Waals surface area contributed by atoms with Crippen molar-refractivity contribution in [3.05, 3.63) is 70.8 Å². The summed E-state index contributed by atoms with van der Waals surface area (Å²) in [7, 11) is 0. The Kier molecular flexibility index (Phi) is 5.19. The fraction of sp³-hybridized carbons (Fsp3) is 0.200. The Bertz CT molecular complexity index is 813. The smallest absolute Gasteiger partial charge is 0.273 e. The lowest BCUT2D eigenvalue weighted by Crippen LogP contribution is -2.30. The van der Waals surface area contributed by atoms with Crippen molar-refractivity contribution in [1.29, 1.82) is 0 Å². The summed E-state index contributed by atoms with van der Waals surface area (Å²) in [6.45, 7) is 2.87. The van der Waals surface area contributed by atoms with Crippen LogP contribution in [0.1, 0.15) is 24.5 Å².